The molecular weight excluding hydrogens is 222 g/mol. The Bertz CT molecular complexity index is 555. The van der Waals surface area contributed by atoms with Crippen LogP contribution in [0, 0.1) is 20.8 Å². The van der Waals surface area contributed by atoms with Crippen LogP contribution in [0.3, 0.4) is 0 Å². The minimum absolute atomic E-state index is 0.0275. The van der Waals surface area contributed by atoms with Crippen molar-refractivity contribution in [3.8, 4) is 0 Å². The summed E-state index contributed by atoms with van der Waals surface area (Å²) >= 11 is 0. The van der Waals surface area contributed by atoms with Gasteiger partial charge in [-0.15, -0.1) is 0 Å². The number of aromatic nitrogens is 2. The molecule has 0 aliphatic rings. The first kappa shape index (κ1) is 12.8. The molecule has 0 bridgehead atoms. The van der Waals surface area contributed by atoms with Crippen molar-refractivity contribution in [1.82, 2.24) is 9.78 Å². The van der Waals surface area contributed by atoms with Gasteiger partial charge in [0, 0.05) is 25.2 Å². The van der Waals surface area contributed by atoms with Crippen LogP contribution in [0.2, 0.25) is 0 Å². The molecule has 0 amide bonds. The predicted octanol–water partition coefficient (Wildman–Crippen LogP) is 2.59. The Morgan fingerprint density at radius 2 is 2.00 bits per heavy atom. The number of nitrogens with two attached hydrogens (primary N) is 1. The van der Waals surface area contributed by atoms with E-state index in [0.717, 1.165) is 12.1 Å². The highest BCUT2D eigenvalue weighted by molar-refractivity contribution is 5.35. The van der Waals surface area contributed by atoms with E-state index in [0.29, 0.717) is 0 Å². The van der Waals surface area contributed by atoms with Gasteiger partial charge in [0.25, 0.3) is 0 Å². The minimum atomic E-state index is 0.0275. The average molecular weight is 243 g/mol. The maximum Gasteiger partial charge on any atom is 0.0596 e. The van der Waals surface area contributed by atoms with Gasteiger partial charge in [-0.2, -0.15) is 5.10 Å². The predicted molar refractivity (Wildman–Crippen MR) is 74.5 cm³/mol. The zero-order valence-corrected chi connectivity index (χ0v) is 11.6. The summed E-state index contributed by atoms with van der Waals surface area (Å²) in [4.78, 5) is 0. The Kier molecular flexibility index (Phi) is 3.53. The Morgan fingerprint density at radius 3 is 2.61 bits per heavy atom. The first-order valence-corrected chi connectivity index (χ1v) is 6.30. The Morgan fingerprint density at radius 1 is 1.28 bits per heavy atom. The van der Waals surface area contributed by atoms with Crippen LogP contribution >= 0.6 is 0 Å². The smallest absolute Gasteiger partial charge is 0.0596 e. The van der Waals surface area contributed by atoms with Gasteiger partial charge in [0.15, 0.2) is 0 Å². The number of rotatable bonds is 3. The van der Waals surface area contributed by atoms with Crippen LogP contribution < -0.4 is 5.73 Å². The molecule has 1 aromatic heterocycles. The fraction of sp³-hybridized carbons (Fsp3) is 0.400. The van der Waals surface area contributed by atoms with Crippen molar-refractivity contribution in [2.24, 2.45) is 12.8 Å². The molecule has 3 nitrogen and oxygen atoms in total. The van der Waals surface area contributed by atoms with Gasteiger partial charge in [0.05, 0.1) is 5.69 Å². The van der Waals surface area contributed by atoms with E-state index in [2.05, 4.69) is 43.2 Å². The van der Waals surface area contributed by atoms with Gasteiger partial charge < -0.3 is 5.73 Å². The van der Waals surface area contributed by atoms with E-state index in [9.17, 15) is 0 Å². The van der Waals surface area contributed by atoms with Crippen LogP contribution in [0.4, 0.5) is 0 Å². The zero-order chi connectivity index (χ0) is 13.3. The summed E-state index contributed by atoms with van der Waals surface area (Å²) in [7, 11) is 1.97. The van der Waals surface area contributed by atoms with Crippen LogP contribution in [-0.4, -0.2) is 9.78 Å². The van der Waals surface area contributed by atoms with E-state index >= 15 is 0 Å². The monoisotopic (exact) mass is 243 g/mol. The first-order chi connectivity index (χ1) is 8.49. The molecule has 0 radical (unpaired) electrons. The third-order valence-corrected chi connectivity index (χ3v) is 3.57. The molecule has 1 unspecified atom stereocenters. The Balaban J connectivity index is 2.24. The summed E-state index contributed by atoms with van der Waals surface area (Å²) in [6.45, 7) is 6.27. The zero-order valence-electron chi connectivity index (χ0n) is 11.6. The molecule has 96 valence electrons. The largest absolute Gasteiger partial charge is 0.324 e. The number of benzene rings is 1. The molecule has 0 fully saturated rings. The van der Waals surface area contributed by atoms with E-state index in [-0.39, 0.29) is 6.04 Å². The number of nitrogens with zero attached hydrogens (tertiary/aromatic N) is 2. The second kappa shape index (κ2) is 4.94. The van der Waals surface area contributed by atoms with Crippen molar-refractivity contribution in [2.75, 3.05) is 0 Å². The lowest BCUT2D eigenvalue weighted by Gasteiger charge is -2.16. The lowest BCUT2D eigenvalue weighted by Crippen LogP contribution is -2.16. The molecule has 3 heteroatoms. The second-order valence-electron chi connectivity index (χ2n) is 5.00. The van der Waals surface area contributed by atoms with Crippen LogP contribution in [0.1, 0.15) is 34.1 Å². The highest BCUT2D eigenvalue weighted by atomic mass is 15.3. The summed E-state index contributed by atoms with van der Waals surface area (Å²) in [5.41, 5.74) is 12.4. The van der Waals surface area contributed by atoms with Gasteiger partial charge >= 0.3 is 0 Å². The molecule has 1 atom stereocenters. The van der Waals surface area contributed by atoms with Gasteiger partial charge in [0.2, 0.25) is 0 Å². The van der Waals surface area contributed by atoms with E-state index in [1.165, 1.54) is 22.4 Å². The Hall–Kier alpha value is -1.61. The maximum absolute atomic E-state index is 6.33. The quantitative estimate of drug-likeness (QED) is 0.900. The highest BCUT2D eigenvalue weighted by Gasteiger charge is 2.13. The molecule has 0 aliphatic carbocycles. The van der Waals surface area contributed by atoms with Crippen molar-refractivity contribution in [2.45, 2.75) is 33.2 Å². The average Bonchev–Trinajstić information content (AvgIpc) is 2.61. The molecule has 0 saturated carbocycles. The molecule has 0 saturated heterocycles. The van der Waals surface area contributed by atoms with Crippen molar-refractivity contribution < 1.29 is 0 Å². The molecule has 18 heavy (non-hydrogen) atoms. The number of hydrogen-bond donors (Lipinski definition) is 1. The molecule has 1 heterocycles. The first-order valence-electron chi connectivity index (χ1n) is 6.30. The molecule has 2 aromatic rings. The van der Waals surface area contributed by atoms with E-state index in [4.69, 9.17) is 5.73 Å². The molecule has 0 aliphatic heterocycles. The van der Waals surface area contributed by atoms with Crippen molar-refractivity contribution >= 4 is 0 Å². The van der Waals surface area contributed by atoms with Crippen LogP contribution in [0.15, 0.2) is 24.3 Å². The molecule has 1 aromatic carbocycles. The molecule has 2 N–H and O–H groups in total. The standard InChI is InChI=1S/C15H21N3/c1-10-6-5-7-14(12(10)3)15(16)9-13-8-11(2)17-18(13)4/h5-8,15H,9,16H2,1-4H3. The molecular formula is C15H21N3. The SMILES string of the molecule is Cc1cc(CC(N)c2cccc(C)c2C)n(C)n1. The minimum Gasteiger partial charge on any atom is -0.324 e. The molecule has 2 rings (SSSR count). The van der Waals surface area contributed by atoms with Crippen LogP contribution in [0.5, 0.6) is 0 Å². The van der Waals surface area contributed by atoms with Gasteiger partial charge in [-0.25, -0.2) is 0 Å². The maximum atomic E-state index is 6.33. The van der Waals surface area contributed by atoms with Gasteiger partial charge in [0.1, 0.15) is 0 Å². The third-order valence-electron chi connectivity index (χ3n) is 3.57. The lowest BCUT2D eigenvalue weighted by molar-refractivity contribution is 0.637. The van der Waals surface area contributed by atoms with Crippen molar-refractivity contribution in [3.05, 3.63) is 52.3 Å². The van der Waals surface area contributed by atoms with Gasteiger partial charge in [-0.1, -0.05) is 18.2 Å². The van der Waals surface area contributed by atoms with E-state index in [1.807, 2.05) is 18.7 Å². The normalized spacial score (nSPS) is 12.7. The van der Waals surface area contributed by atoms with Crippen molar-refractivity contribution in [1.29, 1.82) is 0 Å². The van der Waals surface area contributed by atoms with Crippen LogP contribution in [0.25, 0.3) is 0 Å². The number of aryl methyl sites for hydroxylation is 3. The van der Waals surface area contributed by atoms with Crippen LogP contribution in [-0.2, 0) is 13.5 Å². The fourth-order valence-electron chi connectivity index (χ4n) is 2.37. The van der Waals surface area contributed by atoms with Gasteiger partial charge in [-0.05, 0) is 43.5 Å². The summed E-state index contributed by atoms with van der Waals surface area (Å²) in [6.07, 6.45) is 0.821. The third kappa shape index (κ3) is 2.46. The topological polar surface area (TPSA) is 43.8 Å². The lowest BCUT2D eigenvalue weighted by atomic mass is 9.95. The van der Waals surface area contributed by atoms with Gasteiger partial charge in [-0.3, -0.25) is 4.68 Å². The second-order valence-corrected chi connectivity index (χ2v) is 5.00. The van der Waals surface area contributed by atoms with E-state index in [1.54, 1.807) is 0 Å². The van der Waals surface area contributed by atoms with E-state index < -0.39 is 0 Å². The van der Waals surface area contributed by atoms with Crippen molar-refractivity contribution in [3.63, 3.8) is 0 Å². The molecule has 0 spiro atoms. The summed E-state index contributed by atoms with van der Waals surface area (Å²) in [6, 6.07) is 8.45. The number of hydrogen-bond acceptors (Lipinski definition) is 2. The fourth-order valence-corrected chi connectivity index (χ4v) is 2.37. The Labute approximate surface area is 109 Å². The summed E-state index contributed by atoms with van der Waals surface area (Å²) < 4.78 is 1.92. The highest BCUT2D eigenvalue weighted by Crippen LogP contribution is 2.22. The summed E-state index contributed by atoms with van der Waals surface area (Å²) in [5.74, 6) is 0. The summed E-state index contributed by atoms with van der Waals surface area (Å²) in [5, 5.41) is 4.36.